The number of hydrogen-bond donors (Lipinski definition) is 2. The average Bonchev–Trinajstić information content (AvgIpc) is 2.40. The highest BCUT2D eigenvalue weighted by molar-refractivity contribution is 7.99. The van der Waals surface area contributed by atoms with E-state index in [1.807, 2.05) is 0 Å². The van der Waals surface area contributed by atoms with E-state index in [1.54, 1.807) is 13.2 Å². The van der Waals surface area contributed by atoms with Crippen LogP contribution < -0.4 is 5.32 Å². The number of hydrogen-bond acceptors (Lipinski definition) is 6. The second-order valence-corrected chi connectivity index (χ2v) is 4.79. The van der Waals surface area contributed by atoms with Gasteiger partial charge in [-0.15, -0.1) is 0 Å². The zero-order valence-electron chi connectivity index (χ0n) is 10.7. The molecule has 0 bridgehead atoms. The van der Waals surface area contributed by atoms with Gasteiger partial charge in [0.05, 0.1) is 18.6 Å². The minimum Gasteiger partial charge on any atom is -0.467 e. The summed E-state index contributed by atoms with van der Waals surface area (Å²) in [5, 5.41) is 9.02. The summed E-state index contributed by atoms with van der Waals surface area (Å²) in [6.07, 6.45) is 2.64. The first-order valence-electron chi connectivity index (χ1n) is 5.40. The fourth-order valence-corrected chi connectivity index (χ4v) is 1.43. The summed E-state index contributed by atoms with van der Waals surface area (Å²) in [5.41, 5.74) is 0. The first-order chi connectivity index (χ1) is 8.46. The van der Waals surface area contributed by atoms with Crippen molar-refractivity contribution in [3.8, 4) is 0 Å². The van der Waals surface area contributed by atoms with Crippen LogP contribution in [0.25, 0.3) is 0 Å². The van der Waals surface area contributed by atoms with Crippen molar-refractivity contribution >= 4 is 35.6 Å². The average molecular weight is 274 g/mol. The summed E-state index contributed by atoms with van der Waals surface area (Å²) in [6.45, 7) is 1.72. The first-order valence-corrected chi connectivity index (χ1v) is 6.69. The highest BCUT2D eigenvalue weighted by atomic mass is 32.2. The first kappa shape index (κ1) is 16.6. The molecule has 0 spiro atoms. The van der Waals surface area contributed by atoms with Gasteiger partial charge in [0, 0.05) is 6.42 Å². The molecule has 7 heteroatoms. The predicted octanol–water partition coefficient (Wildman–Crippen LogP) is 0.395. The maximum absolute atomic E-state index is 11.6. The van der Waals surface area contributed by atoms with Crippen LogP contribution >= 0.6 is 11.8 Å². The second kappa shape index (κ2) is 8.68. The van der Waals surface area contributed by atoms with Crippen molar-refractivity contribution in [2.24, 2.45) is 0 Å². The quantitative estimate of drug-likeness (QED) is 0.493. The number of rotatable bonds is 8. The predicted molar refractivity (Wildman–Crippen MR) is 69.9 cm³/mol. The standard InChI is InChI=1S/C11H18N2O4S/c1-7(18-3)10(15)13-9(11(16)17-2)5-4-8(14)6-12/h6-7,9,12H,4-5H2,1-3H3,(H,13,15)/t7-,9-/m0/s1. The van der Waals surface area contributed by atoms with Crippen LogP contribution in [0, 0.1) is 5.41 Å². The lowest BCUT2D eigenvalue weighted by Gasteiger charge is -2.17. The van der Waals surface area contributed by atoms with Crippen molar-refractivity contribution in [1.82, 2.24) is 5.32 Å². The zero-order valence-corrected chi connectivity index (χ0v) is 11.5. The molecule has 18 heavy (non-hydrogen) atoms. The largest absolute Gasteiger partial charge is 0.467 e. The Hall–Kier alpha value is -1.37. The van der Waals surface area contributed by atoms with E-state index < -0.39 is 17.8 Å². The van der Waals surface area contributed by atoms with Gasteiger partial charge in [-0.2, -0.15) is 11.8 Å². The third kappa shape index (κ3) is 5.81. The molecule has 0 unspecified atom stereocenters. The Balaban J connectivity index is 4.49. The van der Waals surface area contributed by atoms with Crippen molar-refractivity contribution < 1.29 is 19.1 Å². The highest BCUT2D eigenvalue weighted by Gasteiger charge is 2.24. The van der Waals surface area contributed by atoms with Gasteiger partial charge < -0.3 is 15.5 Å². The monoisotopic (exact) mass is 274 g/mol. The summed E-state index contributed by atoms with van der Waals surface area (Å²) < 4.78 is 4.56. The Morgan fingerprint density at radius 1 is 1.44 bits per heavy atom. The smallest absolute Gasteiger partial charge is 0.328 e. The lowest BCUT2D eigenvalue weighted by molar-refractivity contribution is -0.145. The third-order valence-electron chi connectivity index (χ3n) is 2.37. The Morgan fingerprint density at radius 2 is 2.06 bits per heavy atom. The van der Waals surface area contributed by atoms with Gasteiger partial charge in [-0.3, -0.25) is 9.59 Å². The van der Waals surface area contributed by atoms with Crippen molar-refractivity contribution in [2.45, 2.75) is 31.1 Å². The number of Topliss-reactive ketones (excluding diaryl/α,β-unsaturated/α-hetero) is 1. The molecule has 2 N–H and O–H groups in total. The topological polar surface area (TPSA) is 96.3 Å². The molecule has 102 valence electrons. The molecule has 0 rings (SSSR count). The van der Waals surface area contributed by atoms with Crippen molar-refractivity contribution in [1.29, 1.82) is 5.41 Å². The zero-order chi connectivity index (χ0) is 14.1. The van der Waals surface area contributed by atoms with E-state index in [0.717, 1.165) is 0 Å². The maximum atomic E-state index is 11.6. The number of amides is 1. The minimum absolute atomic E-state index is 0.0250. The number of ketones is 1. The van der Waals surface area contributed by atoms with Gasteiger partial charge in [-0.1, -0.05) is 0 Å². The van der Waals surface area contributed by atoms with Gasteiger partial charge in [0.25, 0.3) is 0 Å². The number of ether oxygens (including phenoxy) is 1. The molecule has 0 aromatic heterocycles. The molecule has 6 nitrogen and oxygen atoms in total. The second-order valence-electron chi connectivity index (χ2n) is 3.61. The van der Waals surface area contributed by atoms with Crippen LogP contribution in [0.15, 0.2) is 0 Å². The molecule has 0 heterocycles. The lowest BCUT2D eigenvalue weighted by atomic mass is 10.1. The third-order valence-corrected chi connectivity index (χ3v) is 3.29. The van der Waals surface area contributed by atoms with Crippen LogP contribution in [-0.4, -0.2) is 48.5 Å². The van der Waals surface area contributed by atoms with Gasteiger partial charge >= 0.3 is 5.97 Å². The summed E-state index contributed by atoms with van der Waals surface area (Å²) >= 11 is 1.36. The molecule has 0 aliphatic rings. The number of methoxy groups -OCH3 is 1. The van der Waals surface area contributed by atoms with E-state index in [-0.39, 0.29) is 24.0 Å². The number of thioether (sulfide) groups is 1. The van der Waals surface area contributed by atoms with Crippen LogP contribution in [0.3, 0.4) is 0 Å². The summed E-state index contributed by atoms with van der Waals surface area (Å²) in [4.78, 5) is 34.1. The fourth-order valence-electron chi connectivity index (χ4n) is 1.15. The Kier molecular flexibility index (Phi) is 8.02. The number of nitrogens with one attached hydrogen (secondary N) is 2. The van der Waals surface area contributed by atoms with Gasteiger partial charge in [-0.05, 0) is 19.6 Å². The normalized spacial score (nSPS) is 13.3. The summed E-state index contributed by atoms with van der Waals surface area (Å²) in [6, 6.07) is -0.846. The molecule has 0 aromatic rings. The van der Waals surface area contributed by atoms with E-state index in [2.05, 4.69) is 10.1 Å². The lowest BCUT2D eigenvalue weighted by Crippen LogP contribution is -2.44. The van der Waals surface area contributed by atoms with Gasteiger partial charge in [0.15, 0.2) is 5.78 Å². The minimum atomic E-state index is -0.846. The SMILES string of the molecule is COC(=O)[C@H](CCC(=O)C=N)NC(=O)[C@H](C)SC. The molecule has 0 aromatic carbocycles. The van der Waals surface area contributed by atoms with Crippen LogP contribution in [0.4, 0.5) is 0 Å². The molecule has 2 atom stereocenters. The van der Waals surface area contributed by atoms with Gasteiger partial charge in [0.2, 0.25) is 5.91 Å². The van der Waals surface area contributed by atoms with Crippen LogP contribution in [-0.2, 0) is 19.1 Å². The van der Waals surface area contributed by atoms with E-state index in [9.17, 15) is 14.4 Å². The van der Waals surface area contributed by atoms with Crippen molar-refractivity contribution in [3.63, 3.8) is 0 Å². The van der Waals surface area contributed by atoms with Crippen molar-refractivity contribution in [2.75, 3.05) is 13.4 Å². The van der Waals surface area contributed by atoms with E-state index in [4.69, 9.17) is 5.41 Å². The van der Waals surface area contributed by atoms with Crippen LogP contribution in [0.2, 0.25) is 0 Å². The Morgan fingerprint density at radius 3 is 2.50 bits per heavy atom. The van der Waals surface area contributed by atoms with E-state index in [0.29, 0.717) is 6.21 Å². The summed E-state index contributed by atoms with van der Waals surface area (Å²) in [5.74, 6) is -1.26. The molecule has 0 radical (unpaired) electrons. The fraction of sp³-hybridized carbons (Fsp3) is 0.636. The number of carbonyl (C=O) groups is 3. The highest BCUT2D eigenvalue weighted by Crippen LogP contribution is 2.07. The molecule has 1 amide bonds. The molecule has 0 fully saturated rings. The van der Waals surface area contributed by atoms with E-state index >= 15 is 0 Å². The molecular formula is C11H18N2O4S. The molecule has 0 saturated carbocycles. The Bertz CT molecular complexity index is 333. The molecule has 0 saturated heterocycles. The number of carbonyl (C=O) groups excluding carboxylic acids is 3. The van der Waals surface area contributed by atoms with Crippen LogP contribution in [0.1, 0.15) is 19.8 Å². The van der Waals surface area contributed by atoms with E-state index in [1.165, 1.54) is 18.9 Å². The molecular weight excluding hydrogens is 256 g/mol. The van der Waals surface area contributed by atoms with Gasteiger partial charge in [0.1, 0.15) is 6.04 Å². The Labute approximate surface area is 110 Å². The number of esters is 1. The summed E-state index contributed by atoms with van der Waals surface area (Å²) in [7, 11) is 1.22. The molecule has 0 aliphatic carbocycles. The van der Waals surface area contributed by atoms with Gasteiger partial charge in [-0.25, -0.2) is 4.79 Å². The maximum Gasteiger partial charge on any atom is 0.328 e. The van der Waals surface area contributed by atoms with Crippen LogP contribution in [0.5, 0.6) is 0 Å². The van der Waals surface area contributed by atoms with Crippen molar-refractivity contribution in [3.05, 3.63) is 0 Å². The molecule has 0 aliphatic heterocycles.